The lowest BCUT2D eigenvalue weighted by Crippen LogP contribution is -2.01. The fourth-order valence-electron chi connectivity index (χ4n) is 3.50. The molecule has 4 nitrogen and oxygen atoms in total. The molecule has 0 saturated heterocycles. The lowest BCUT2D eigenvalue weighted by Gasteiger charge is -2.12. The van der Waals surface area contributed by atoms with Crippen LogP contribution >= 0.6 is 0 Å². The molecule has 4 heteroatoms. The van der Waals surface area contributed by atoms with Gasteiger partial charge in [-0.3, -0.25) is 4.79 Å². The van der Waals surface area contributed by atoms with Gasteiger partial charge in [0, 0.05) is 0 Å². The highest BCUT2D eigenvalue weighted by Gasteiger charge is 2.08. The van der Waals surface area contributed by atoms with E-state index in [0.29, 0.717) is 17.4 Å². The van der Waals surface area contributed by atoms with Crippen molar-refractivity contribution < 1.29 is 19.8 Å². The van der Waals surface area contributed by atoms with Gasteiger partial charge in [0.15, 0.2) is 0 Å². The zero-order chi connectivity index (χ0) is 21.8. The first-order valence-electron chi connectivity index (χ1n) is 10.5. The molecule has 0 aliphatic carbocycles. The lowest BCUT2D eigenvalue weighted by atomic mass is 9.93. The maximum Gasteiger partial charge on any atom is 0.335 e. The Morgan fingerprint density at radius 2 is 1.07 bits per heavy atom. The van der Waals surface area contributed by atoms with Gasteiger partial charge >= 0.3 is 11.9 Å². The van der Waals surface area contributed by atoms with Gasteiger partial charge in [-0.1, -0.05) is 64.1 Å². The topological polar surface area (TPSA) is 74.6 Å². The summed E-state index contributed by atoms with van der Waals surface area (Å²) in [6.45, 7) is 8.66. The SMILES string of the molecule is CCC(CC)c1ccc(C(=O)O)cc1.CCC(CC)c1ccc(CC(=O)O)cc1. The minimum Gasteiger partial charge on any atom is -0.481 e. The van der Waals surface area contributed by atoms with E-state index in [1.54, 1.807) is 12.1 Å². The highest BCUT2D eigenvalue weighted by Crippen LogP contribution is 2.23. The van der Waals surface area contributed by atoms with Crippen LogP contribution in [0, 0.1) is 0 Å². The summed E-state index contributed by atoms with van der Waals surface area (Å²) in [6, 6.07) is 15.1. The zero-order valence-electron chi connectivity index (χ0n) is 18.0. The number of carboxylic acids is 2. The molecule has 0 amide bonds. The summed E-state index contributed by atoms with van der Waals surface area (Å²) in [5.41, 5.74) is 3.78. The molecule has 2 rings (SSSR count). The fraction of sp³-hybridized carbons (Fsp3) is 0.440. The minimum atomic E-state index is -0.860. The molecular formula is C25H34O4. The molecule has 0 fully saturated rings. The van der Waals surface area contributed by atoms with Gasteiger partial charge in [0.25, 0.3) is 0 Å². The van der Waals surface area contributed by atoms with Crippen molar-refractivity contribution in [3.8, 4) is 0 Å². The van der Waals surface area contributed by atoms with Crippen molar-refractivity contribution in [3.05, 3.63) is 70.8 Å². The molecule has 0 atom stereocenters. The number of rotatable bonds is 9. The molecule has 158 valence electrons. The molecule has 2 aromatic rings. The number of aliphatic carboxylic acids is 1. The van der Waals surface area contributed by atoms with Crippen molar-refractivity contribution in [1.29, 1.82) is 0 Å². The van der Waals surface area contributed by atoms with Crippen molar-refractivity contribution in [2.75, 3.05) is 0 Å². The molecule has 0 radical (unpaired) electrons. The van der Waals surface area contributed by atoms with Crippen LogP contribution in [0.3, 0.4) is 0 Å². The van der Waals surface area contributed by atoms with E-state index in [2.05, 4.69) is 39.8 Å². The number of carboxylic acid groups (broad SMARTS) is 2. The molecule has 0 unspecified atom stereocenters. The molecule has 0 spiro atoms. The van der Waals surface area contributed by atoms with Crippen molar-refractivity contribution in [1.82, 2.24) is 0 Å². The third kappa shape index (κ3) is 8.10. The van der Waals surface area contributed by atoms with Crippen molar-refractivity contribution in [2.45, 2.75) is 71.6 Å². The Balaban J connectivity index is 0.000000291. The van der Waals surface area contributed by atoms with Crippen LogP contribution in [0.25, 0.3) is 0 Å². The lowest BCUT2D eigenvalue weighted by molar-refractivity contribution is -0.136. The molecule has 2 aromatic carbocycles. The van der Waals surface area contributed by atoms with Gasteiger partial charge in [0.2, 0.25) is 0 Å². The average molecular weight is 399 g/mol. The summed E-state index contributed by atoms with van der Waals surface area (Å²) in [5.74, 6) is -0.479. The van der Waals surface area contributed by atoms with Crippen LogP contribution < -0.4 is 0 Å². The summed E-state index contributed by atoms with van der Waals surface area (Å²) < 4.78 is 0. The Bertz CT molecular complexity index is 739. The number of hydrogen-bond acceptors (Lipinski definition) is 2. The van der Waals surface area contributed by atoms with E-state index >= 15 is 0 Å². The van der Waals surface area contributed by atoms with E-state index < -0.39 is 11.9 Å². The van der Waals surface area contributed by atoms with Crippen LogP contribution in [0.5, 0.6) is 0 Å². The normalized spacial score (nSPS) is 10.6. The largest absolute Gasteiger partial charge is 0.481 e. The highest BCUT2D eigenvalue weighted by molar-refractivity contribution is 5.87. The van der Waals surface area contributed by atoms with Gasteiger partial charge in [-0.2, -0.15) is 0 Å². The predicted octanol–water partition coefficient (Wildman–Crippen LogP) is 6.51. The summed E-state index contributed by atoms with van der Waals surface area (Å²) in [6.07, 6.45) is 4.58. The van der Waals surface area contributed by atoms with Crippen LogP contribution in [0.1, 0.15) is 92.3 Å². The van der Waals surface area contributed by atoms with E-state index in [-0.39, 0.29) is 6.42 Å². The second-order valence-electron chi connectivity index (χ2n) is 7.27. The van der Waals surface area contributed by atoms with Crippen LogP contribution in [0.15, 0.2) is 48.5 Å². The molecule has 0 bridgehead atoms. The third-order valence-electron chi connectivity index (χ3n) is 5.41. The Hall–Kier alpha value is -2.62. The standard InChI is InChI=1S/C13H18O2.C12H16O2/c1-3-11(4-2)12-7-5-10(6-8-12)9-13(14)15;1-3-9(4-2)10-5-7-11(8-6-10)12(13)14/h5-8,11H,3-4,9H2,1-2H3,(H,14,15);5-9H,3-4H2,1-2H3,(H,13,14). The van der Waals surface area contributed by atoms with Gasteiger partial charge in [-0.15, -0.1) is 0 Å². The predicted molar refractivity (Wildman–Crippen MR) is 118 cm³/mol. The molecule has 0 aliphatic rings. The summed E-state index contributed by atoms with van der Waals surface area (Å²) in [7, 11) is 0. The van der Waals surface area contributed by atoms with Gasteiger partial charge in [-0.05, 0) is 66.3 Å². The molecule has 0 aromatic heterocycles. The van der Waals surface area contributed by atoms with Gasteiger partial charge < -0.3 is 10.2 Å². The van der Waals surface area contributed by atoms with Crippen molar-refractivity contribution in [3.63, 3.8) is 0 Å². The van der Waals surface area contributed by atoms with E-state index in [0.717, 1.165) is 31.2 Å². The minimum absolute atomic E-state index is 0.114. The van der Waals surface area contributed by atoms with E-state index in [9.17, 15) is 9.59 Å². The molecule has 0 aliphatic heterocycles. The first-order chi connectivity index (χ1) is 13.9. The fourth-order valence-corrected chi connectivity index (χ4v) is 3.50. The Labute approximate surface area is 174 Å². The van der Waals surface area contributed by atoms with Crippen LogP contribution in [-0.2, 0) is 11.2 Å². The molecule has 29 heavy (non-hydrogen) atoms. The second-order valence-corrected chi connectivity index (χ2v) is 7.27. The maximum atomic E-state index is 10.6. The number of hydrogen-bond donors (Lipinski definition) is 2. The Kier molecular flexibility index (Phi) is 10.7. The van der Waals surface area contributed by atoms with E-state index in [4.69, 9.17) is 10.2 Å². The van der Waals surface area contributed by atoms with Crippen LogP contribution in [0.4, 0.5) is 0 Å². The molecule has 0 heterocycles. The Morgan fingerprint density at radius 1 is 0.690 bits per heavy atom. The van der Waals surface area contributed by atoms with Crippen molar-refractivity contribution in [2.24, 2.45) is 0 Å². The van der Waals surface area contributed by atoms with Gasteiger partial charge in [0.05, 0.1) is 12.0 Å². The number of aromatic carboxylic acids is 1. The van der Waals surface area contributed by atoms with Gasteiger partial charge in [0.1, 0.15) is 0 Å². The average Bonchev–Trinajstić information content (AvgIpc) is 2.71. The van der Waals surface area contributed by atoms with Crippen LogP contribution in [-0.4, -0.2) is 22.2 Å². The van der Waals surface area contributed by atoms with Crippen molar-refractivity contribution >= 4 is 11.9 Å². The first-order valence-corrected chi connectivity index (χ1v) is 10.5. The van der Waals surface area contributed by atoms with Gasteiger partial charge in [-0.25, -0.2) is 4.79 Å². The zero-order valence-corrected chi connectivity index (χ0v) is 18.0. The smallest absolute Gasteiger partial charge is 0.335 e. The summed E-state index contributed by atoms with van der Waals surface area (Å²) >= 11 is 0. The number of carbonyl (C=O) groups is 2. The quantitative estimate of drug-likeness (QED) is 0.505. The maximum absolute atomic E-state index is 10.6. The molecule has 0 saturated carbocycles. The Morgan fingerprint density at radius 3 is 1.38 bits per heavy atom. The number of benzene rings is 2. The van der Waals surface area contributed by atoms with Crippen LogP contribution in [0.2, 0.25) is 0 Å². The summed E-state index contributed by atoms with van der Waals surface area (Å²) in [4.78, 5) is 21.1. The monoisotopic (exact) mass is 398 g/mol. The molecule has 2 N–H and O–H groups in total. The third-order valence-corrected chi connectivity index (χ3v) is 5.41. The highest BCUT2D eigenvalue weighted by atomic mass is 16.4. The van der Waals surface area contributed by atoms with E-state index in [1.807, 2.05) is 24.3 Å². The second kappa shape index (κ2) is 12.8. The first kappa shape index (κ1) is 24.4. The van der Waals surface area contributed by atoms with E-state index in [1.165, 1.54) is 11.1 Å². The molecular weight excluding hydrogens is 364 g/mol. The summed E-state index contributed by atoms with van der Waals surface area (Å²) in [5, 5.41) is 17.4.